The largest absolute Gasteiger partial charge is 0.495 e. The number of benzene rings is 3. The molecule has 8 heteroatoms. The normalized spacial score (nSPS) is 13.0. The maximum atomic E-state index is 14.1. The highest BCUT2D eigenvalue weighted by Gasteiger charge is 2.35. The summed E-state index contributed by atoms with van der Waals surface area (Å²) in [7, 11) is 1.37. The number of aromatic nitrogens is 1. The van der Waals surface area contributed by atoms with Crippen molar-refractivity contribution in [3.05, 3.63) is 94.9 Å². The molecule has 0 saturated carbocycles. The van der Waals surface area contributed by atoms with Crippen molar-refractivity contribution in [3.63, 3.8) is 0 Å². The number of carbonyl (C=O) groups is 2. The number of imide groups is 1. The lowest BCUT2D eigenvalue weighted by Crippen LogP contribution is -2.32. The van der Waals surface area contributed by atoms with Gasteiger partial charge in [-0.25, -0.2) is 13.2 Å². The molecule has 170 valence electrons. The fraction of sp³-hybridized carbons (Fsp3) is 0.115. The number of carbonyl (C=O) groups excluding carboxylic acids is 2. The molecule has 2 amide bonds. The highest BCUT2D eigenvalue weighted by atomic mass is 19.1. The molecule has 0 fully saturated rings. The van der Waals surface area contributed by atoms with Crippen molar-refractivity contribution in [2.45, 2.75) is 6.42 Å². The molecule has 3 aromatic carbocycles. The third kappa shape index (κ3) is 3.57. The first-order valence-corrected chi connectivity index (χ1v) is 10.4. The lowest BCUT2D eigenvalue weighted by molar-refractivity contribution is 0.0656. The number of ether oxygens (including phenoxy) is 1. The number of pyridine rings is 1. The van der Waals surface area contributed by atoms with Gasteiger partial charge in [0.15, 0.2) is 0 Å². The van der Waals surface area contributed by atoms with Gasteiger partial charge in [-0.1, -0.05) is 12.1 Å². The third-order valence-corrected chi connectivity index (χ3v) is 5.78. The maximum absolute atomic E-state index is 14.1. The van der Waals surface area contributed by atoms with Crippen molar-refractivity contribution in [2.24, 2.45) is 0 Å². The van der Waals surface area contributed by atoms with Crippen LogP contribution in [-0.4, -0.2) is 35.4 Å². The Balaban J connectivity index is 1.62. The number of amides is 2. The Hall–Kier alpha value is -4.20. The summed E-state index contributed by atoms with van der Waals surface area (Å²) in [6.07, 6.45) is 0.0859. The van der Waals surface area contributed by atoms with Crippen molar-refractivity contribution >= 4 is 22.7 Å². The first-order valence-electron chi connectivity index (χ1n) is 10.4. The second-order valence-corrected chi connectivity index (χ2v) is 7.84. The monoisotopic (exact) mass is 462 g/mol. The third-order valence-electron chi connectivity index (χ3n) is 5.78. The predicted octanol–water partition coefficient (Wildman–Crippen LogP) is 5.17. The van der Waals surface area contributed by atoms with Crippen LogP contribution in [0.25, 0.3) is 22.0 Å². The molecule has 1 aliphatic rings. The van der Waals surface area contributed by atoms with Gasteiger partial charge in [0, 0.05) is 30.0 Å². The molecule has 0 unspecified atom stereocenters. The molecule has 0 atom stereocenters. The summed E-state index contributed by atoms with van der Waals surface area (Å²) in [5, 5.41) is 0.326. The van der Waals surface area contributed by atoms with E-state index in [1.807, 2.05) is 0 Å². The quantitative estimate of drug-likeness (QED) is 0.384. The fourth-order valence-corrected chi connectivity index (χ4v) is 4.30. The summed E-state index contributed by atoms with van der Waals surface area (Å²) in [5.41, 5.74) is 1.79. The van der Waals surface area contributed by atoms with E-state index < -0.39 is 29.3 Å². The van der Waals surface area contributed by atoms with Crippen molar-refractivity contribution in [3.8, 4) is 16.9 Å². The summed E-state index contributed by atoms with van der Waals surface area (Å²) in [6, 6.07) is 13.5. The molecule has 0 saturated heterocycles. The highest BCUT2D eigenvalue weighted by molar-refractivity contribution is 6.21. The molecule has 0 aliphatic carbocycles. The van der Waals surface area contributed by atoms with E-state index in [4.69, 9.17) is 4.74 Å². The van der Waals surface area contributed by atoms with Gasteiger partial charge in [0.25, 0.3) is 11.8 Å². The van der Waals surface area contributed by atoms with E-state index in [2.05, 4.69) is 4.98 Å². The van der Waals surface area contributed by atoms with E-state index in [0.717, 1.165) is 23.1 Å². The molecule has 34 heavy (non-hydrogen) atoms. The zero-order valence-electron chi connectivity index (χ0n) is 17.9. The summed E-state index contributed by atoms with van der Waals surface area (Å²) in [5.74, 6) is -2.79. The van der Waals surface area contributed by atoms with Crippen LogP contribution in [0.4, 0.5) is 13.2 Å². The van der Waals surface area contributed by atoms with Crippen LogP contribution in [0.2, 0.25) is 0 Å². The van der Waals surface area contributed by atoms with Gasteiger partial charge in [-0.15, -0.1) is 0 Å². The number of nitrogens with zero attached hydrogens (tertiary/aromatic N) is 2. The van der Waals surface area contributed by atoms with Gasteiger partial charge in [-0.05, 0) is 48.0 Å². The number of methoxy groups -OCH3 is 1. The lowest BCUT2D eigenvalue weighted by atomic mass is 9.97. The summed E-state index contributed by atoms with van der Waals surface area (Å²) in [6.45, 7) is -0.0139. The predicted molar refractivity (Wildman–Crippen MR) is 119 cm³/mol. The number of halogens is 3. The standard InChI is InChI=1S/C26H17F3N2O3/c1-34-24-20-13-15(27)6-7-21(20)30-22(23(24)14-10-16(28)12-17(29)11-14)8-9-31-25(32)18-4-2-3-5-19(18)26(31)33/h2-7,10-13H,8-9H2,1H3. The molecule has 0 N–H and O–H groups in total. The Kier molecular flexibility index (Phi) is 5.28. The van der Waals surface area contributed by atoms with E-state index >= 15 is 0 Å². The van der Waals surface area contributed by atoms with Gasteiger partial charge in [-0.2, -0.15) is 0 Å². The Bertz CT molecular complexity index is 1430. The number of fused-ring (bicyclic) bond motifs is 2. The fourth-order valence-electron chi connectivity index (χ4n) is 4.30. The van der Waals surface area contributed by atoms with Crippen molar-refractivity contribution in [1.29, 1.82) is 0 Å². The van der Waals surface area contributed by atoms with Gasteiger partial charge in [0.1, 0.15) is 23.2 Å². The molecule has 0 spiro atoms. The minimum Gasteiger partial charge on any atom is -0.495 e. The molecule has 2 heterocycles. The second-order valence-electron chi connectivity index (χ2n) is 7.84. The summed E-state index contributed by atoms with van der Waals surface area (Å²) >= 11 is 0. The van der Waals surface area contributed by atoms with E-state index in [0.29, 0.717) is 27.7 Å². The number of hydrogen-bond donors (Lipinski definition) is 0. The molecule has 1 aromatic heterocycles. The maximum Gasteiger partial charge on any atom is 0.261 e. The van der Waals surface area contributed by atoms with Crippen LogP contribution in [0.3, 0.4) is 0 Å². The summed E-state index contributed by atoms with van der Waals surface area (Å²) in [4.78, 5) is 31.2. The van der Waals surface area contributed by atoms with E-state index in [1.54, 1.807) is 24.3 Å². The summed E-state index contributed by atoms with van der Waals surface area (Å²) < 4.78 is 47.7. The van der Waals surface area contributed by atoms with Crippen LogP contribution in [0.5, 0.6) is 5.75 Å². The zero-order valence-corrected chi connectivity index (χ0v) is 17.9. The van der Waals surface area contributed by atoms with E-state index in [9.17, 15) is 22.8 Å². The molecule has 4 aromatic rings. The van der Waals surface area contributed by atoms with Crippen molar-refractivity contribution < 1.29 is 27.5 Å². The molecular weight excluding hydrogens is 445 g/mol. The Labute approximate surface area is 192 Å². The van der Waals surface area contributed by atoms with E-state index in [-0.39, 0.29) is 29.8 Å². The van der Waals surface area contributed by atoms with Gasteiger partial charge in [-0.3, -0.25) is 19.5 Å². The Morgan fingerprint density at radius 1 is 0.853 bits per heavy atom. The molecule has 0 radical (unpaired) electrons. The first kappa shape index (κ1) is 21.6. The zero-order chi connectivity index (χ0) is 24.0. The van der Waals surface area contributed by atoms with Gasteiger partial charge < -0.3 is 4.74 Å². The lowest BCUT2D eigenvalue weighted by Gasteiger charge is -2.19. The first-order chi connectivity index (χ1) is 16.4. The minimum absolute atomic E-state index is 0.0139. The topological polar surface area (TPSA) is 59.5 Å². The average molecular weight is 462 g/mol. The SMILES string of the molecule is COc1c(-c2cc(F)cc(F)c2)c(CCN2C(=O)c3ccccc3C2=O)nc2ccc(F)cc12. The van der Waals surface area contributed by atoms with Crippen LogP contribution >= 0.6 is 0 Å². The smallest absolute Gasteiger partial charge is 0.261 e. The highest BCUT2D eigenvalue weighted by Crippen LogP contribution is 2.39. The molecule has 5 nitrogen and oxygen atoms in total. The van der Waals surface area contributed by atoms with E-state index in [1.165, 1.54) is 25.3 Å². The number of rotatable bonds is 5. The van der Waals surface area contributed by atoms with Crippen LogP contribution in [-0.2, 0) is 6.42 Å². The molecule has 5 rings (SSSR count). The average Bonchev–Trinajstić information content (AvgIpc) is 3.06. The van der Waals surface area contributed by atoms with Gasteiger partial charge in [0.05, 0.1) is 29.4 Å². The van der Waals surface area contributed by atoms with Crippen LogP contribution in [0.15, 0.2) is 60.7 Å². The van der Waals surface area contributed by atoms with Crippen molar-refractivity contribution in [1.82, 2.24) is 9.88 Å². The van der Waals surface area contributed by atoms with Crippen LogP contribution in [0.1, 0.15) is 26.4 Å². The molecule has 0 bridgehead atoms. The Morgan fingerprint density at radius 2 is 1.50 bits per heavy atom. The molecular formula is C26H17F3N2O3. The van der Waals surface area contributed by atoms with Gasteiger partial charge >= 0.3 is 0 Å². The van der Waals surface area contributed by atoms with Gasteiger partial charge in [0.2, 0.25) is 0 Å². The van der Waals surface area contributed by atoms with Crippen molar-refractivity contribution in [2.75, 3.05) is 13.7 Å². The molecule has 1 aliphatic heterocycles. The minimum atomic E-state index is -0.803. The second kappa shape index (κ2) is 8.30. The Morgan fingerprint density at radius 3 is 2.12 bits per heavy atom. The van der Waals surface area contributed by atoms with Crippen LogP contribution < -0.4 is 4.74 Å². The number of hydrogen-bond acceptors (Lipinski definition) is 4. The van der Waals surface area contributed by atoms with Crippen LogP contribution in [0, 0.1) is 17.5 Å².